The zero-order valence-corrected chi connectivity index (χ0v) is 20.2. The number of nitrogens with one attached hydrogen (secondary N) is 2. The normalized spacial score (nSPS) is 16.8. The maximum absolute atomic E-state index is 12.7. The molecule has 1 fully saturated rings. The molecular formula is C20H29BrN6O3S. The highest BCUT2D eigenvalue weighted by molar-refractivity contribution is 9.10. The molecular weight excluding hydrogens is 484 g/mol. The fraction of sp³-hybridized carbons (Fsp3) is 0.500. The van der Waals surface area contributed by atoms with Gasteiger partial charge in [-0.1, -0.05) is 13.8 Å². The second kappa shape index (κ2) is 11.2. The van der Waals surface area contributed by atoms with Gasteiger partial charge in [0.05, 0.1) is 18.8 Å². The van der Waals surface area contributed by atoms with Crippen LogP contribution in [0.5, 0.6) is 0 Å². The highest BCUT2D eigenvalue weighted by Gasteiger charge is 2.27. The molecule has 31 heavy (non-hydrogen) atoms. The smallest absolute Gasteiger partial charge is 0.292 e. The van der Waals surface area contributed by atoms with Crippen molar-refractivity contribution in [3.8, 4) is 0 Å². The number of rotatable bonds is 9. The number of nitrogens with zero attached hydrogens (tertiary/aromatic N) is 3. The lowest BCUT2D eigenvalue weighted by Crippen LogP contribution is -2.50. The number of anilines is 3. The van der Waals surface area contributed by atoms with Gasteiger partial charge in [-0.15, -0.1) is 4.31 Å². The van der Waals surface area contributed by atoms with Crippen LogP contribution < -0.4 is 21.3 Å². The van der Waals surface area contributed by atoms with E-state index in [4.69, 9.17) is 10.2 Å². The van der Waals surface area contributed by atoms with E-state index in [0.717, 1.165) is 49.4 Å². The Morgan fingerprint density at radius 2 is 2.13 bits per heavy atom. The molecule has 3 rings (SSSR count). The molecule has 2 unspecified atom stereocenters. The van der Waals surface area contributed by atoms with Crippen LogP contribution in [0.4, 0.5) is 17.4 Å². The van der Waals surface area contributed by atoms with Crippen molar-refractivity contribution < 1.29 is 13.8 Å². The average Bonchev–Trinajstić information content (AvgIpc) is 3.20. The molecule has 9 nitrogen and oxygen atoms in total. The van der Waals surface area contributed by atoms with Crippen molar-refractivity contribution in [3.63, 3.8) is 0 Å². The van der Waals surface area contributed by atoms with Crippen LogP contribution in [-0.2, 0) is 11.4 Å². The average molecular weight is 513 g/mol. The van der Waals surface area contributed by atoms with Gasteiger partial charge in [0.1, 0.15) is 12.0 Å². The Balaban J connectivity index is 1.57. The van der Waals surface area contributed by atoms with E-state index in [1.165, 1.54) is 6.26 Å². The van der Waals surface area contributed by atoms with E-state index >= 15 is 0 Å². The topological polar surface area (TPSA) is 123 Å². The molecule has 1 amide bonds. The van der Waals surface area contributed by atoms with Crippen molar-refractivity contribution in [2.45, 2.75) is 13.8 Å². The van der Waals surface area contributed by atoms with Crippen LogP contribution in [0.3, 0.4) is 0 Å². The number of aromatic nitrogens is 1. The third-order valence-electron chi connectivity index (χ3n) is 5.01. The summed E-state index contributed by atoms with van der Waals surface area (Å²) in [6.07, 6.45) is 1.22. The molecule has 1 aromatic heterocycles. The van der Waals surface area contributed by atoms with Gasteiger partial charge in [0.15, 0.2) is 5.69 Å². The lowest BCUT2D eigenvalue weighted by Gasteiger charge is -2.36. The molecule has 4 N–H and O–H groups in total. The summed E-state index contributed by atoms with van der Waals surface area (Å²) in [6.45, 7) is 9.01. The third kappa shape index (κ3) is 6.59. The zero-order chi connectivity index (χ0) is 22.4. The summed E-state index contributed by atoms with van der Waals surface area (Å²) in [5.74, 6) is 0.648. The monoisotopic (exact) mass is 512 g/mol. The predicted molar refractivity (Wildman–Crippen MR) is 128 cm³/mol. The molecule has 0 saturated carbocycles. The van der Waals surface area contributed by atoms with Crippen LogP contribution in [0.2, 0.25) is 0 Å². The quantitative estimate of drug-likeness (QED) is 0.437. The van der Waals surface area contributed by atoms with Gasteiger partial charge in [-0.05, 0) is 40.7 Å². The molecule has 0 spiro atoms. The van der Waals surface area contributed by atoms with Crippen molar-refractivity contribution in [1.29, 1.82) is 0 Å². The summed E-state index contributed by atoms with van der Waals surface area (Å²) in [6, 6.07) is 5.76. The molecule has 2 aromatic rings. The first-order valence-electron chi connectivity index (χ1n) is 10.3. The number of carbonyl (C=O) groups excluding carboxylic acids is 1. The Hall–Kier alpha value is -1.79. The van der Waals surface area contributed by atoms with Gasteiger partial charge in [-0.2, -0.15) is 4.98 Å². The number of benzene rings is 1. The zero-order valence-electron chi connectivity index (χ0n) is 17.8. The van der Waals surface area contributed by atoms with Gasteiger partial charge in [0.2, 0.25) is 0 Å². The van der Waals surface area contributed by atoms with Crippen molar-refractivity contribution >= 4 is 50.6 Å². The van der Waals surface area contributed by atoms with E-state index in [1.807, 2.05) is 18.2 Å². The number of hydrogen-bond acceptors (Lipinski definition) is 8. The maximum Gasteiger partial charge on any atom is 0.292 e. The first-order valence-corrected chi connectivity index (χ1v) is 12.3. The van der Waals surface area contributed by atoms with Crippen molar-refractivity contribution in [3.05, 3.63) is 34.6 Å². The number of piperazine rings is 1. The summed E-state index contributed by atoms with van der Waals surface area (Å²) in [7, 11) is 0. The van der Waals surface area contributed by atoms with Crippen LogP contribution >= 0.6 is 15.9 Å². The van der Waals surface area contributed by atoms with Gasteiger partial charge >= 0.3 is 0 Å². The molecule has 1 aromatic carbocycles. The Labute approximate surface area is 194 Å². The third-order valence-corrected chi connectivity index (χ3v) is 7.50. The molecule has 170 valence electrons. The molecule has 2 atom stereocenters. The number of hydrogen-bond donors (Lipinski definition) is 3. The van der Waals surface area contributed by atoms with E-state index in [1.54, 1.807) is 0 Å². The maximum atomic E-state index is 12.7. The van der Waals surface area contributed by atoms with Gasteiger partial charge < -0.3 is 30.2 Å². The van der Waals surface area contributed by atoms with Gasteiger partial charge in [-0.3, -0.25) is 4.79 Å². The summed E-state index contributed by atoms with van der Waals surface area (Å²) in [5, 5.41) is 6.14. The van der Waals surface area contributed by atoms with Gasteiger partial charge in [0.25, 0.3) is 11.9 Å². The van der Waals surface area contributed by atoms with E-state index in [0.29, 0.717) is 17.4 Å². The SMILES string of the molecule is CCNCC(C)C[S+]([O-])N1CCN(c2ccc(Br)c(NC(=O)c3coc(N)n3)c2)CC1. The first kappa shape index (κ1) is 23.9. The van der Waals surface area contributed by atoms with Crippen molar-refractivity contribution in [2.24, 2.45) is 5.92 Å². The minimum Gasteiger partial charge on any atom is -0.598 e. The van der Waals surface area contributed by atoms with Crippen LogP contribution in [-0.4, -0.2) is 64.8 Å². The Morgan fingerprint density at radius 1 is 1.39 bits per heavy atom. The second-order valence-electron chi connectivity index (χ2n) is 7.51. The van der Waals surface area contributed by atoms with Gasteiger partial charge in [0, 0.05) is 47.1 Å². The lowest BCUT2D eigenvalue weighted by atomic mass is 10.2. The van der Waals surface area contributed by atoms with Crippen molar-refractivity contribution in [1.82, 2.24) is 14.6 Å². The Kier molecular flexibility index (Phi) is 8.61. The molecule has 0 radical (unpaired) electrons. The van der Waals surface area contributed by atoms with Crippen LogP contribution in [0, 0.1) is 5.92 Å². The first-order chi connectivity index (χ1) is 14.9. The van der Waals surface area contributed by atoms with Gasteiger partial charge in [-0.25, -0.2) is 0 Å². The number of amides is 1. The highest BCUT2D eigenvalue weighted by Crippen LogP contribution is 2.29. The number of nitrogen functional groups attached to an aromatic ring is 1. The second-order valence-corrected chi connectivity index (χ2v) is 9.85. The molecule has 1 aliphatic rings. The Bertz CT molecular complexity index is 874. The lowest BCUT2D eigenvalue weighted by molar-refractivity contribution is 0.102. The molecule has 1 aliphatic heterocycles. The number of halogens is 1. The summed E-state index contributed by atoms with van der Waals surface area (Å²) in [4.78, 5) is 18.4. The summed E-state index contributed by atoms with van der Waals surface area (Å²) >= 11 is 2.50. The molecule has 11 heteroatoms. The van der Waals surface area contributed by atoms with Crippen LogP contribution in [0.15, 0.2) is 33.4 Å². The predicted octanol–water partition coefficient (Wildman–Crippen LogP) is 2.30. The fourth-order valence-corrected chi connectivity index (χ4v) is 5.06. The van der Waals surface area contributed by atoms with Crippen LogP contribution in [0.1, 0.15) is 24.3 Å². The van der Waals surface area contributed by atoms with Crippen molar-refractivity contribution in [2.75, 3.05) is 61.0 Å². The van der Waals surface area contributed by atoms with E-state index < -0.39 is 17.3 Å². The number of oxazole rings is 1. The summed E-state index contributed by atoms with van der Waals surface area (Å²) < 4.78 is 20.4. The standard InChI is InChI=1S/C20H29BrN6O3S/c1-3-23-11-14(2)13-31(29)27-8-6-26(7-9-27)15-4-5-16(21)17(10-15)24-19(28)18-12-30-20(22)25-18/h4-5,10,12,14,23H,3,6-9,11,13H2,1-2H3,(H2,22,25)(H,24,28). The number of carbonyl (C=O) groups is 1. The minimum atomic E-state index is -0.970. The molecule has 1 saturated heterocycles. The molecule has 0 aliphatic carbocycles. The Morgan fingerprint density at radius 3 is 2.77 bits per heavy atom. The highest BCUT2D eigenvalue weighted by atomic mass is 79.9. The van der Waals surface area contributed by atoms with E-state index in [9.17, 15) is 9.35 Å². The summed E-state index contributed by atoms with van der Waals surface area (Å²) in [5.41, 5.74) is 7.18. The van der Waals surface area contributed by atoms with E-state index in [-0.39, 0.29) is 11.7 Å². The largest absolute Gasteiger partial charge is 0.598 e. The minimum absolute atomic E-state index is 0.0516. The molecule has 0 bridgehead atoms. The van der Waals surface area contributed by atoms with Crippen LogP contribution in [0.25, 0.3) is 0 Å². The number of nitrogens with two attached hydrogens (primary N) is 1. The fourth-order valence-electron chi connectivity index (χ4n) is 3.33. The molecule has 2 heterocycles. The van der Waals surface area contributed by atoms with E-state index in [2.05, 4.69) is 54.6 Å².